The molecular weight excluding hydrogens is 380 g/mol. The third kappa shape index (κ3) is 5.48. The Morgan fingerprint density at radius 3 is 2.67 bits per heavy atom. The molecule has 0 spiro atoms. The lowest BCUT2D eigenvalue weighted by Gasteiger charge is -2.28. The predicted octanol–water partition coefficient (Wildman–Crippen LogP) is 3.85. The molecule has 6 heteroatoms. The Kier molecular flexibility index (Phi) is 6.79. The van der Waals surface area contributed by atoms with E-state index < -0.39 is 5.79 Å². The molecule has 2 aromatic carbocycles. The Morgan fingerprint density at radius 2 is 1.93 bits per heavy atom. The second-order valence-electron chi connectivity index (χ2n) is 7.55. The van der Waals surface area contributed by atoms with Crippen LogP contribution in [0.15, 0.2) is 73.3 Å². The lowest BCUT2D eigenvalue weighted by atomic mass is 10.0. The summed E-state index contributed by atoms with van der Waals surface area (Å²) in [5, 5.41) is 0. The van der Waals surface area contributed by atoms with Gasteiger partial charge in [-0.2, -0.15) is 0 Å². The molecule has 3 aromatic rings. The highest BCUT2D eigenvalue weighted by atomic mass is 16.8. The minimum atomic E-state index is -0.693. The molecule has 4 rings (SSSR count). The summed E-state index contributed by atoms with van der Waals surface area (Å²) in [6.45, 7) is 2.19. The van der Waals surface area contributed by atoms with Crippen molar-refractivity contribution >= 4 is 0 Å². The molecule has 1 aliphatic heterocycles. The quantitative estimate of drug-likeness (QED) is 0.510. The van der Waals surface area contributed by atoms with Crippen molar-refractivity contribution in [1.82, 2.24) is 9.55 Å². The zero-order valence-electron chi connectivity index (χ0n) is 17.3. The van der Waals surface area contributed by atoms with E-state index in [1.54, 1.807) is 19.6 Å². The maximum absolute atomic E-state index is 6.41. The van der Waals surface area contributed by atoms with Crippen LogP contribution in [-0.2, 0) is 33.8 Å². The number of ether oxygens (including phenoxy) is 4. The summed E-state index contributed by atoms with van der Waals surface area (Å²) in [7, 11) is 1.68. The molecule has 0 aliphatic carbocycles. The number of hydrogen-bond acceptors (Lipinski definition) is 5. The molecule has 2 atom stereocenters. The van der Waals surface area contributed by atoms with Crippen molar-refractivity contribution in [2.75, 3.05) is 20.3 Å². The SMILES string of the molecule is COc1ccc(CCC2(Cn3ccnc3)OCC(COCc3ccccc3)O2)cc1. The van der Waals surface area contributed by atoms with Crippen LogP contribution in [0.25, 0.3) is 0 Å². The number of aromatic nitrogens is 2. The highest BCUT2D eigenvalue weighted by molar-refractivity contribution is 5.27. The first-order chi connectivity index (χ1) is 14.7. The van der Waals surface area contributed by atoms with Gasteiger partial charge in [-0.15, -0.1) is 0 Å². The summed E-state index contributed by atoms with van der Waals surface area (Å²) in [6.07, 6.45) is 6.99. The number of methoxy groups -OCH3 is 1. The molecule has 0 saturated carbocycles. The van der Waals surface area contributed by atoms with E-state index in [0.717, 1.165) is 24.2 Å². The Hall–Kier alpha value is -2.67. The van der Waals surface area contributed by atoms with Gasteiger partial charge in [0.2, 0.25) is 0 Å². The molecule has 0 N–H and O–H groups in total. The van der Waals surface area contributed by atoms with E-state index in [1.807, 2.05) is 41.1 Å². The minimum Gasteiger partial charge on any atom is -0.497 e. The van der Waals surface area contributed by atoms with Gasteiger partial charge >= 0.3 is 0 Å². The Balaban J connectivity index is 1.35. The van der Waals surface area contributed by atoms with Crippen molar-refractivity contribution < 1.29 is 18.9 Å². The van der Waals surface area contributed by atoms with Crippen LogP contribution in [0.3, 0.4) is 0 Å². The van der Waals surface area contributed by atoms with Gasteiger partial charge in [0.1, 0.15) is 11.9 Å². The number of rotatable bonds is 10. The van der Waals surface area contributed by atoms with Gasteiger partial charge < -0.3 is 23.5 Å². The van der Waals surface area contributed by atoms with E-state index >= 15 is 0 Å². The Morgan fingerprint density at radius 1 is 1.10 bits per heavy atom. The second kappa shape index (κ2) is 9.89. The van der Waals surface area contributed by atoms with Gasteiger partial charge in [0.15, 0.2) is 5.79 Å². The summed E-state index contributed by atoms with van der Waals surface area (Å²) < 4.78 is 25.8. The van der Waals surface area contributed by atoms with E-state index in [1.165, 1.54) is 5.56 Å². The number of nitrogens with zero attached hydrogens (tertiary/aromatic N) is 2. The normalized spacial score (nSPS) is 21.0. The average Bonchev–Trinajstić information content (AvgIpc) is 3.44. The fourth-order valence-corrected chi connectivity index (χ4v) is 3.66. The van der Waals surface area contributed by atoms with E-state index in [4.69, 9.17) is 18.9 Å². The first-order valence-corrected chi connectivity index (χ1v) is 10.3. The maximum Gasteiger partial charge on any atom is 0.187 e. The van der Waals surface area contributed by atoms with Crippen LogP contribution in [-0.4, -0.2) is 41.8 Å². The molecule has 0 bridgehead atoms. The Bertz CT molecular complexity index is 883. The van der Waals surface area contributed by atoms with Gasteiger partial charge in [-0.3, -0.25) is 0 Å². The lowest BCUT2D eigenvalue weighted by Crippen LogP contribution is -2.37. The number of aryl methyl sites for hydroxylation is 1. The molecule has 2 unspecified atom stereocenters. The van der Waals surface area contributed by atoms with Crippen LogP contribution in [0.4, 0.5) is 0 Å². The van der Waals surface area contributed by atoms with Crippen LogP contribution in [0, 0.1) is 0 Å². The highest BCUT2D eigenvalue weighted by Gasteiger charge is 2.41. The zero-order valence-corrected chi connectivity index (χ0v) is 17.3. The predicted molar refractivity (Wildman–Crippen MR) is 113 cm³/mol. The maximum atomic E-state index is 6.41. The third-order valence-corrected chi connectivity index (χ3v) is 5.27. The fourth-order valence-electron chi connectivity index (χ4n) is 3.66. The summed E-state index contributed by atoms with van der Waals surface area (Å²) >= 11 is 0. The van der Waals surface area contributed by atoms with E-state index in [-0.39, 0.29) is 6.10 Å². The van der Waals surface area contributed by atoms with Gasteiger partial charge in [0.25, 0.3) is 0 Å². The van der Waals surface area contributed by atoms with E-state index in [0.29, 0.717) is 26.4 Å². The van der Waals surface area contributed by atoms with Crippen LogP contribution < -0.4 is 4.74 Å². The molecule has 1 fully saturated rings. The summed E-state index contributed by atoms with van der Waals surface area (Å²) in [5.41, 5.74) is 2.37. The van der Waals surface area contributed by atoms with E-state index in [2.05, 4.69) is 29.2 Å². The topological polar surface area (TPSA) is 54.7 Å². The molecule has 30 heavy (non-hydrogen) atoms. The Labute approximate surface area is 177 Å². The number of benzene rings is 2. The molecule has 1 saturated heterocycles. The summed E-state index contributed by atoms with van der Waals surface area (Å²) in [5.74, 6) is 0.164. The van der Waals surface area contributed by atoms with Gasteiger partial charge in [-0.25, -0.2) is 4.98 Å². The first kappa shape index (κ1) is 20.6. The van der Waals surface area contributed by atoms with Crippen molar-refractivity contribution in [3.8, 4) is 5.75 Å². The fraction of sp³-hybridized carbons (Fsp3) is 0.375. The van der Waals surface area contributed by atoms with Gasteiger partial charge in [-0.1, -0.05) is 42.5 Å². The van der Waals surface area contributed by atoms with Crippen molar-refractivity contribution in [3.63, 3.8) is 0 Å². The van der Waals surface area contributed by atoms with Gasteiger partial charge in [-0.05, 0) is 29.7 Å². The minimum absolute atomic E-state index is 0.0897. The van der Waals surface area contributed by atoms with Gasteiger partial charge in [0.05, 0.1) is 39.8 Å². The lowest BCUT2D eigenvalue weighted by molar-refractivity contribution is -0.187. The van der Waals surface area contributed by atoms with Crippen LogP contribution in [0.2, 0.25) is 0 Å². The average molecular weight is 408 g/mol. The van der Waals surface area contributed by atoms with Crippen molar-refractivity contribution in [2.45, 2.75) is 37.9 Å². The van der Waals surface area contributed by atoms with Crippen molar-refractivity contribution in [1.29, 1.82) is 0 Å². The summed E-state index contributed by atoms with van der Waals surface area (Å²) in [4.78, 5) is 4.15. The van der Waals surface area contributed by atoms with Gasteiger partial charge in [0, 0.05) is 18.8 Å². The van der Waals surface area contributed by atoms with Crippen molar-refractivity contribution in [2.24, 2.45) is 0 Å². The number of imidazole rings is 1. The monoisotopic (exact) mass is 408 g/mol. The number of hydrogen-bond donors (Lipinski definition) is 0. The smallest absolute Gasteiger partial charge is 0.187 e. The second-order valence-corrected chi connectivity index (χ2v) is 7.55. The highest BCUT2D eigenvalue weighted by Crippen LogP contribution is 2.31. The summed E-state index contributed by atoms with van der Waals surface area (Å²) in [6, 6.07) is 18.3. The van der Waals surface area contributed by atoms with Crippen LogP contribution >= 0.6 is 0 Å². The largest absolute Gasteiger partial charge is 0.497 e. The van der Waals surface area contributed by atoms with E-state index in [9.17, 15) is 0 Å². The molecule has 6 nitrogen and oxygen atoms in total. The van der Waals surface area contributed by atoms with Crippen LogP contribution in [0.1, 0.15) is 17.5 Å². The molecule has 0 radical (unpaired) electrons. The van der Waals surface area contributed by atoms with Crippen LogP contribution in [0.5, 0.6) is 5.75 Å². The third-order valence-electron chi connectivity index (χ3n) is 5.27. The molecule has 2 heterocycles. The molecule has 1 aromatic heterocycles. The van der Waals surface area contributed by atoms with Crippen molar-refractivity contribution in [3.05, 3.63) is 84.4 Å². The molecule has 1 aliphatic rings. The molecular formula is C24H28N2O4. The first-order valence-electron chi connectivity index (χ1n) is 10.3. The zero-order chi connectivity index (χ0) is 20.7. The standard InChI is InChI=1S/C24H28N2O4/c1-27-22-9-7-20(8-10-22)11-12-24(18-26-14-13-25-19-26)29-17-23(30-24)16-28-15-21-5-3-2-4-6-21/h2-10,13-14,19,23H,11-12,15-18H2,1H3. The molecule has 158 valence electrons. The molecule has 0 amide bonds.